The van der Waals surface area contributed by atoms with E-state index in [9.17, 15) is 21.6 Å². The summed E-state index contributed by atoms with van der Waals surface area (Å²) < 4.78 is 71.0. The van der Waals surface area contributed by atoms with Crippen LogP contribution in [-0.2, 0) is 20.9 Å². The molecule has 0 saturated carbocycles. The third-order valence-electron chi connectivity index (χ3n) is 3.73. The van der Waals surface area contributed by atoms with Gasteiger partial charge in [-0.2, -0.15) is 13.2 Å². The number of benzene rings is 2. The molecule has 142 valence electrons. The maximum Gasteiger partial charge on any atom is 0.417 e. The predicted octanol–water partition coefficient (Wildman–Crippen LogP) is 4.15. The minimum Gasteiger partial charge on any atom is -0.374 e. The molecule has 1 unspecified atom stereocenters. The fourth-order valence-corrected chi connectivity index (χ4v) is 3.67. The topological polar surface area (TPSA) is 55.4 Å². The van der Waals surface area contributed by atoms with E-state index in [4.69, 9.17) is 4.74 Å². The first-order valence-corrected chi connectivity index (χ1v) is 9.52. The lowest BCUT2D eigenvalue weighted by molar-refractivity contribution is -0.139. The first kappa shape index (κ1) is 20.4. The highest BCUT2D eigenvalue weighted by molar-refractivity contribution is 7.89. The van der Waals surface area contributed by atoms with Gasteiger partial charge in [-0.15, -0.1) is 0 Å². The van der Waals surface area contributed by atoms with Crippen molar-refractivity contribution >= 4 is 10.0 Å². The number of sulfonamides is 1. The Morgan fingerprint density at radius 2 is 1.65 bits per heavy atom. The Bertz CT molecular complexity index is 808. The highest BCUT2D eigenvalue weighted by atomic mass is 32.2. The summed E-state index contributed by atoms with van der Waals surface area (Å²) in [6.07, 6.45) is -4.55. The molecule has 0 aliphatic carbocycles. The Morgan fingerprint density at radius 1 is 1.04 bits per heavy atom. The monoisotopic (exact) mass is 387 g/mol. The minimum atomic E-state index is -4.74. The highest BCUT2D eigenvalue weighted by Crippen LogP contribution is 2.33. The summed E-state index contributed by atoms with van der Waals surface area (Å²) in [6, 6.07) is 13.6. The molecule has 1 N–H and O–H groups in total. The molecule has 0 fully saturated rings. The normalized spacial score (nSPS) is 13.5. The number of hydrogen-bond acceptors (Lipinski definition) is 3. The second-order valence-electron chi connectivity index (χ2n) is 5.67. The van der Waals surface area contributed by atoms with Gasteiger partial charge < -0.3 is 4.74 Å². The zero-order chi connectivity index (χ0) is 19.2. The zero-order valence-corrected chi connectivity index (χ0v) is 15.0. The molecule has 2 aromatic carbocycles. The molecule has 2 aromatic rings. The second kappa shape index (κ2) is 8.66. The van der Waals surface area contributed by atoms with Gasteiger partial charge in [0.2, 0.25) is 10.0 Å². The van der Waals surface area contributed by atoms with Crippen molar-refractivity contribution in [3.8, 4) is 0 Å². The molecule has 8 heteroatoms. The summed E-state index contributed by atoms with van der Waals surface area (Å²) in [5.41, 5.74) is -0.186. The average Bonchev–Trinajstić information content (AvgIpc) is 2.61. The molecule has 0 aliphatic heterocycles. The number of ether oxygens (including phenoxy) is 1. The molecular weight excluding hydrogens is 367 g/mol. The Morgan fingerprint density at radius 3 is 2.31 bits per heavy atom. The van der Waals surface area contributed by atoms with Crippen LogP contribution in [0, 0.1) is 0 Å². The minimum absolute atomic E-state index is 0.0178. The van der Waals surface area contributed by atoms with E-state index in [0.29, 0.717) is 6.42 Å². The van der Waals surface area contributed by atoms with E-state index < -0.39 is 26.7 Å². The van der Waals surface area contributed by atoms with Gasteiger partial charge in [0.05, 0.1) is 16.6 Å². The van der Waals surface area contributed by atoms with Crippen LogP contribution in [0.2, 0.25) is 0 Å². The highest BCUT2D eigenvalue weighted by Gasteiger charge is 2.36. The van der Waals surface area contributed by atoms with Crippen LogP contribution >= 0.6 is 0 Å². The van der Waals surface area contributed by atoms with Gasteiger partial charge in [0.25, 0.3) is 0 Å². The van der Waals surface area contributed by atoms with Gasteiger partial charge in [-0.25, -0.2) is 13.1 Å². The lowest BCUT2D eigenvalue weighted by atomic mass is 10.1. The van der Waals surface area contributed by atoms with E-state index in [0.717, 1.165) is 23.8 Å². The van der Waals surface area contributed by atoms with Crippen LogP contribution in [0.4, 0.5) is 13.2 Å². The van der Waals surface area contributed by atoms with Gasteiger partial charge >= 0.3 is 6.18 Å². The fourth-order valence-electron chi connectivity index (χ4n) is 2.37. The van der Waals surface area contributed by atoms with Crippen molar-refractivity contribution < 1.29 is 26.3 Å². The van der Waals surface area contributed by atoms with Crippen LogP contribution in [0.5, 0.6) is 0 Å². The van der Waals surface area contributed by atoms with Gasteiger partial charge in [-0.3, -0.25) is 0 Å². The van der Waals surface area contributed by atoms with Crippen LogP contribution in [0.15, 0.2) is 59.5 Å². The van der Waals surface area contributed by atoms with E-state index in [1.165, 1.54) is 6.07 Å². The molecule has 26 heavy (non-hydrogen) atoms. The molecule has 4 nitrogen and oxygen atoms in total. The summed E-state index contributed by atoms with van der Waals surface area (Å²) in [5, 5.41) is 0. The quantitative estimate of drug-likeness (QED) is 0.693. The average molecular weight is 387 g/mol. The lowest BCUT2D eigenvalue weighted by Crippen LogP contribution is -2.28. The van der Waals surface area contributed by atoms with Crippen molar-refractivity contribution in [3.05, 3.63) is 65.7 Å². The van der Waals surface area contributed by atoms with Gasteiger partial charge in [0, 0.05) is 13.2 Å². The third-order valence-corrected chi connectivity index (χ3v) is 5.25. The molecule has 0 heterocycles. The van der Waals surface area contributed by atoms with Crippen LogP contribution in [0.3, 0.4) is 0 Å². The SMILES string of the molecule is CC(OCCCNS(=O)(=O)c1ccccc1C(F)(F)F)c1ccccc1. The van der Waals surface area contributed by atoms with Crippen LogP contribution in [0.1, 0.15) is 30.6 Å². The van der Waals surface area contributed by atoms with Crippen molar-refractivity contribution in [1.29, 1.82) is 0 Å². The van der Waals surface area contributed by atoms with Crippen molar-refractivity contribution in [3.63, 3.8) is 0 Å². The molecule has 2 rings (SSSR count). The lowest BCUT2D eigenvalue weighted by Gasteiger charge is -2.15. The second-order valence-corrected chi connectivity index (χ2v) is 7.40. The molecule has 0 aromatic heterocycles. The zero-order valence-electron chi connectivity index (χ0n) is 14.2. The third kappa shape index (κ3) is 5.55. The predicted molar refractivity (Wildman–Crippen MR) is 92.1 cm³/mol. The first-order chi connectivity index (χ1) is 12.2. The van der Waals surface area contributed by atoms with Crippen LogP contribution in [-0.4, -0.2) is 21.6 Å². The maximum atomic E-state index is 13.0. The summed E-state index contributed by atoms with van der Waals surface area (Å²) >= 11 is 0. The summed E-state index contributed by atoms with van der Waals surface area (Å²) in [6.45, 7) is 2.13. The van der Waals surface area contributed by atoms with E-state index in [2.05, 4.69) is 4.72 Å². The van der Waals surface area contributed by atoms with E-state index in [-0.39, 0.29) is 19.3 Å². The largest absolute Gasteiger partial charge is 0.417 e. The number of rotatable bonds is 8. The molecule has 0 saturated heterocycles. The molecule has 0 radical (unpaired) electrons. The number of alkyl halides is 3. The number of hydrogen-bond donors (Lipinski definition) is 1. The Labute approximate surface area is 151 Å². The fraction of sp³-hybridized carbons (Fsp3) is 0.333. The van der Waals surface area contributed by atoms with Crippen molar-refractivity contribution in [1.82, 2.24) is 4.72 Å². The van der Waals surface area contributed by atoms with Crippen molar-refractivity contribution in [2.45, 2.75) is 30.5 Å². The Balaban J connectivity index is 1.88. The van der Waals surface area contributed by atoms with E-state index in [1.807, 2.05) is 37.3 Å². The van der Waals surface area contributed by atoms with Gasteiger partial charge in [0.15, 0.2) is 0 Å². The van der Waals surface area contributed by atoms with E-state index in [1.54, 1.807) is 0 Å². The standard InChI is InChI=1S/C18H20F3NO3S/c1-14(15-8-3-2-4-9-15)25-13-7-12-22-26(23,24)17-11-6-5-10-16(17)18(19,20)21/h2-6,8-11,14,22H,7,12-13H2,1H3. The van der Waals surface area contributed by atoms with Gasteiger partial charge in [0.1, 0.15) is 0 Å². The number of nitrogens with one attached hydrogen (secondary N) is 1. The summed E-state index contributed by atoms with van der Waals surface area (Å²) in [7, 11) is -4.25. The van der Waals surface area contributed by atoms with Crippen molar-refractivity contribution in [2.24, 2.45) is 0 Å². The van der Waals surface area contributed by atoms with Crippen LogP contribution < -0.4 is 4.72 Å². The van der Waals surface area contributed by atoms with E-state index >= 15 is 0 Å². The number of halogens is 3. The molecule has 0 bridgehead atoms. The Kier molecular flexibility index (Phi) is 6.80. The first-order valence-electron chi connectivity index (χ1n) is 8.04. The molecule has 1 atom stereocenters. The van der Waals surface area contributed by atoms with Gasteiger partial charge in [-0.05, 0) is 31.0 Å². The molecule has 0 aliphatic rings. The summed E-state index contributed by atoms with van der Waals surface area (Å²) in [4.78, 5) is -0.772. The molecule has 0 spiro atoms. The molecular formula is C18H20F3NO3S. The smallest absolute Gasteiger partial charge is 0.374 e. The van der Waals surface area contributed by atoms with Crippen molar-refractivity contribution in [2.75, 3.05) is 13.2 Å². The Hall–Kier alpha value is -1.90. The van der Waals surface area contributed by atoms with Gasteiger partial charge in [-0.1, -0.05) is 42.5 Å². The molecule has 0 amide bonds. The summed E-state index contributed by atoms with van der Waals surface area (Å²) in [5.74, 6) is 0. The van der Waals surface area contributed by atoms with Crippen LogP contribution in [0.25, 0.3) is 0 Å². The maximum absolute atomic E-state index is 13.0.